The van der Waals surface area contributed by atoms with Gasteiger partial charge in [0, 0.05) is 27.0 Å². The van der Waals surface area contributed by atoms with Crippen molar-refractivity contribution in [3.63, 3.8) is 0 Å². The Hall–Kier alpha value is -3.69. The van der Waals surface area contributed by atoms with E-state index in [1.54, 1.807) is 0 Å². The fourth-order valence-corrected chi connectivity index (χ4v) is 4.13. The molecule has 5 rings (SSSR count). The van der Waals surface area contributed by atoms with Gasteiger partial charge in [0.05, 0.1) is 16.8 Å². The van der Waals surface area contributed by atoms with Gasteiger partial charge in [0.1, 0.15) is 0 Å². The lowest BCUT2D eigenvalue weighted by Gasteiger charge is -2.16. The number of aromatic nitrogens is 1. The van der Waals surface area contributed by atoms with Gasteiger partial charge in [-0.3, -0.25) is 4.79 Å². The van der Waals surface area contributed by atoms with E-state index in [2.05, 4.69) is 5.32 Å². The first kappa shape index (κ1) is 19.3. The Kier molecular flexibility index (Phi) is 4.89. The van der Waals surface area contributed by atoms with E-state index in [1.807, 2.05) is 97.9 Å². The smallest absolute Gasteiger partial charge is 0.256 e. The number of halogens is 1. The maximum absolute atomic E-state index is 13.6. The zero-order chi connectivity index (χ0) is 21.4. The summed E-state index contributed by atoms with van der Waals surface area (Å²) in [5, 5.41) is 6.72. The van der Waals surface area contributed by atoms with Crippen molar-refractivity contribution in [3.05, 3.63) is 107 Å². The topological polar surface area (TPSA) is 42.0 Å². The average Bonchev–Trinajstić information content (AvgIpc) is 2.79. The lowest BCUT2D eigenvalue weighted by molar-refractivity contribution is 0.102. The highest BCUT2D eigenvalue weighted by Crippen LogP contribution is 2.31. The van der Waals surface area contributed by atoms with Gasteiger partial charge in [0.2, 0.25) is 0 Å². The number of para-hydroxylation sites is 1. The molecular weight excluding hydrogens is 404 g/mol. The molecule has 4 heteroatoms. The number of anilines is 1. The highest BCUT2D eigenvalue weighted by Gasteiger charge is 2.19. The number of nitrogens with zero attached hydrogens (tertiary/aromatic N) is 1. The number of benzene rings is 4. The maximum atomic E-state index is 13.6. The van der Waals surface area contributed by atoms with Crippen LogP contribution in [-0.2, 0) is 0 Å². The first-order valence-corrected chi connectivity index (χ1v) is 10.4. The Morgan fingerprint density at radius 2 is 1.48 bits per heavy atom. The van der Waals surface area contributed by atoms with E-state index in [-0.39, 0.29) is 5.91 Å². The van der Waals surface area contributed by atoms with E-state index in [4.69, 9.17) is 16.6 Å². The largest absolute Gasteiger partial charge is 0.321 e. The zero-order valence-corrected chi connectivity index (χ0v) is 17.6. The molecule has 5 aromatic rings. The van der Waals surface area contributed by atoms with Crippen LogP contribution in [0.25, 0.3) is 32.9 Å². The summed E-state index contributed by atoms with van der Waals surface area (Å²) in [6, 6.07) is 29.2. The number of pyridine rings is 1. The van der Waals surface area contributed by atoms with Crippen molar-refractivity contribution < 1.29 is 4.79 Å². The van der Waals surface area contributed by atoms with Crippen LogP contribution in [-0.4, -0.2) is 10.9 Å². The lowest BCUT2D eigenvalue weighted by Crippen LogP contribution is -2.15. The lowest BCUT2D eigenvalue weighted by atomic mass is 9.97. The van der Waals surface area contributed by atoms with Crippen molar-refractivity contribution in [2.24, 2.45) is 0 Å². The van der Waals surface area contributed by atoms with Crippen molar-refractivity contribution in [2.45, 2.75) is 6.92 Å². The second-order valence-electron chi connectivity index (χ2n) is 7.47. The minimum atomic E-state index is -0.150. The molecule has 0 aliphatic carbocycles. The summed E-state index contributed by atoms with van der Waals surface area (Å²) in [4.78, 5) is 18.4. The summed E-state index contributed by atoms with van der Waals surface area (Å²) in [6.07, 6.45) is 0. The van der Waals surface area contributed by atoms with Crippen LogP contribution in [0.15, 0.2) is 91.0 Å². The van der Waals surface area contributed by atoms with Crippen molar-refractivity contribution >= 4 is 44.9 Å². The van der Waals surface area contributed by atoms with Gasteiger partial charge >= 0.3 is 0 Å². The van der Waals surface area contributed by atoms with E-state index < -0.39 is 0 Å². The number of carbonyl (C=O) groups is 1. The molecule has 0 bridgehead atoms. The SMILES string of the molecule is Cc1c(-c2ccc(Cl)cc2)nc2ccccc2c1C(=O)Nc1cccc2ccccc12. The van der Waals surface area contributed by atoms with Crippen LogP contribution < -0.4 is 5.32 Å². The first-order valence-electron chi connectivity index (χ1n) is 10.1. The molecular formula is C27H19ClN2O. The summed E-state index contributed by atoms with van der Waals surface area (Å²) in [5.74, 6) is -0.150. The molecule has 1 heterocycles. The molecule has 0 saturated heterocycles. The first-order chi connectivity index (χ1) is 15.1. The van der Waals surface area contributed by atoms with Crippen LogP contribution in [0.2, 0.25) is 5.02 Å². The summed E-state index contributed by atoms with van der Waals surface area (Å²) in [5.41, 5.74) is 4.73. The predicted molar refractivity (Wildman–Crippen MR) is 129 cm³/mol. The number of hydrogen-bond acceptors (Lipinski definition) is 2. The molecule has 0 spiro atoms. The molecule has 31 heavy (non-hydrogen) atoms. The molecule has 150 valence electrons. The van der Waals surface area contributed by atoms with Crippen molar-refractivity contribution in [3.8, 4) is 11.3 Å². The standard InChI is InChI=1S/C27H19ClN2O/c1-17-25(27(31)30-23-12-6-8-18-7-2-3-9-21(18)23)22-10-4-5-11-24(22)29-26(17)19-13-15-20(28)16-14-19/h2-16H,1H3,(H,30,31). The van der Waals surface area contributed by atoms with Crippen LogP contribution in [0.5, 0.6) is 0 Å². The monoisotopic (exact) mass is 422 g/mol. The van der Waals surface area contributed by atoms with Gasteiger partial charge in [-0.05, 0) is 42.1 Å². The number of hydrogen-bond donors (Lipinski definition) is 1. The molecule has 3 nitrogen and oxygen atoms in total. The average molecular weight is 423 g/mol. The van der Waals surface area contributed by atoms with E-state index in [1.165, 1.54) is 0 Å². The van der Waals surface area contributed by atoms with Gasteiger partial charge in [0.15, 0.2) is 0 Å². The Morgan fingerprint density at radius 3 is 2.29 bits per heavy atom. The van der Waals surface area contributed by atoms with E-state index >= 15 is 0 Å². The molecule has 1 amide bonds. The van der Waals surface area contributed by atoms with Gasteiger partial charge < -0.3 is 5.32 Å². The highest BCUT2D eigenvalue weighted by molar-refractivity contribution is 6.30. The summed E-state index contributed by atoms with van der Waals surface area (Å²) in [6.45, 7) is 1.95. The molecule has 0 unspecified atom stereocenters. The number of nitrogens with one attached hydrogen (secondary N) is 1. The quantitative estimate of drug-likeness (QED) is 0.332. The molecule has 0 aliphatic heterocycles. The normalized spacial score (nSPS) is 11.0. The number of amides is 1. The molecule has 4 aromatic carbocycles. The van der Waals surface area contributed by atoms with Gasteiger partial charge in [0.25, 0.3) is 5.91 Å². The van der Waals surface area contributed by atoms with Crippen molar-refractivity contribution in [1.82, 2.24) is 4.98 Å². The fraction of sp³-hybridized carbons (Fsp3) is 0.0370. The second kappa shape index (κ2) is 7.86. The van der Waals surface area contributed by atoms with Crippen LogP contribution in [0.3, 0.4) is 0 Å². The summed E-state index contributed by atoms with van der Waals surface area (Å²) in [7, 11) is 0. The molecule has 0 aliphatic rings. The third kappa shape index (κ3) is 3.54. The molecule has 1 N–H and O–H groups in total. The third-order valence-electron chi connectivity index (χ3n) is 5.52. The van der Waals surface area contributed by atoms with Crippen LogP contribution in [0.4, 0.5) is 5.69 Å². The molecule has 0 atom stereocenters. The Balaban J connectivity index is 1.67. The Bertz CT molecular complexity index is 1440. The van der Waals surface area contributed by atoms with Crippen molar-refractivity contribution in [1.29, 1.82) is 0 Å². The maximum Gasteiger partial charge on any atom is 0.256 e. The van der Waals surface area contributed by atoms with Crippen LogP contribution in [0, 0.1) is 6.92 Å². The van der Waals surface area contributed by atoms with E-state index in [0.29, 0.717) is 10.6 Å². The van der Waals surface area contributed by atoms with Crippen molar-refractivity contribution in [2.75, 3.05) is 5.32 Å². The Labute approximate surface area is 185 Å². The third-order valence-corrected chi connectivity index (χ3v) is 5.77. The minimum absolute atomic E-state index is 0.150. The summed E-state index contributed by atoms with van der Waals surface area (Å²) < 4.78 is 0. The number of rotatable bonds is 3. The Morgan fingerprint density at radius 1 is 0.806 bits per heavy atom. The van der Waals surface area contributed by atoms with Gasteiger partial charge in [-0.2, -0.15) is 0 Å². The molecule has 0 radical (unpaired) electrons. The van der Waals surface area contributed by atoms with Gasteiger partial charge in [-0.1, -0.05) is 78.3 Å². The van der Waals surface area contributed by atoms with E-state index in [0.717, 1.165) is 44.2 Å². The minimum Gasteiger partial charge on any atom is -0.321 e. The molecule has 0 fully saturated rings. The second-order valence-corrected chi connectivity index (χ2v) is 7.90. The highest BCUT2D eigenvalue weighted by atomic mass is 35.5. The van der Waals surface area contributed by atoms with Crippen LogP contribution in [0.1, 0.15) is 15.9 Å². The zero-order valence-electron chi connectivity index (χ0n) is 16.9. The van der Waals surface area contributed by atoms with Gasteiger partial charge in [-0.25, -0.2) is 4.98 Å². The predicted octanol–water partition coefficient (Wildman–Crippen LogP) is 7.27. The fourth-order valence-electron chi connectivity index (χ4n) is 4.01. The van der Waals surface area contributed by atoms with Gasteiger partial charge in [-0.15, -0.1) is 0 Å². The molecule has 0 saturated carbocycles. The molecule has 1 aromatic heterocycles. The number of fused-ring (bicyclic) bond motifs is 2. The summed E-state index contributed by atoms with van der Waals surface area (Å²) >= 11 is 6.07. The van der Waals surface area contributed by atoms with Crippen LogP contribution >= 0.6 is 11.6 Å². The van der Waals surface area contributed by atoms with E-state index in [9.17, 15) is 4.79 Å². The number of carbonyl (C=O) groups excluding carboxylic acids is 1.